The first-order valence-corrected chi connectivity index (χ1v) is 8.33. The molecule has 1 saturated heterocycles. The Labute approximate surface area is 137 Å². The number of hydrogen-bond acceptors (Lipinski definition) is 4. The zero-order valence-corrected chi connectivity index (χ0v) is 14.0. The van der Waals surface area contributed by atoms with E-state index in [9.17, 15) is 9.59 Å². The lowest BCUT2D eigenvalue weighted by atomic mass is 10.1. The fourth-order valence-corrected chi connectivity index (χ4v) is 2.54. The molecule has 0 aliphatic carbocycles. The van der Waals surface area contributed by atoms with Crippen LogP contribution in [0.2, 0.25) is 0 Å². The Morgan fingerprint density at radius 1 is 1.26 bits per heavy atom. The van der Waals surface area contributed by atoms with Crippen LogP contribution in [-0.4, -0.2) is 54.4 Å². The van der Waals surface area contributed by atoms with E-state index in [0.717, 1.165) is 25.3 Å². The molecule has 126 valence electrons. The monoisotopic (exact) mass is 318 g/mol. The lowest BCUT2D eigenvalue weighted by Gasteiger charge is -2.35. The topological polar surface area (TPSA) is 65.5 Å². The molecule has 6 heteroatoms. The summed E-state index contributed by atoms with van der Waals surface area (Å²) in [4.78, 5) is 32.3. The van der Waals surface area contributed by atoms with Crippen LogP contribution in [0.25, 0.3) is 0 Å². The Hall–Kier alpha value is -2.11. The molecule has 1 fully saturated rings. The molecule has 0 aromatic carbocycles. The smallest absolute Gasteiger partial charge is 0.224 e. The van der Waals surface area contributed by atoms with Crippen LogP contribution >= 0.6 is 0 Å². The molecule has 0 unspecified atom stereocenters. The Morgan fingerprint density at radius 2 is 2.00 bits per heavy atom. The number of piperazine rings is 1. The number of rotatable bonds is 6. The van der Waals surface area contributed by atoms with Crippen LogP contribution in [0.1, 0.15) is 26.7 Å². The zero-order valence-electron chi connectivity index (χ0n) is 14.0. The maximum Gasteiger partial charge on any atom is 0.224 e. The van der Waals surface area contributed by atoms with Crippen LogP contribution in [-0.2, 0) is 9.59 Å². The van der Waals surface area contributed by atoms with E-state index in [2.05, 4.69) is 15.2 Å². The number of anilines is 1. The quantitative estimate of drug-likeness (QED) is 0.858. The van der Waals surface area contributed by atoms with E-state index in [0.29, 0.717) is 26.1 Å². The van der Waals surface area contributed by atoms with Crippen molar-refractivity contribution in [1.29, 1.82) is 0 Å². The van der Waals surface area contributed by atoms with Gasteiger partial charge in [-0.2, -0.15) is 0 Å². The summed E-state index contributed by atoms with van der Waals surface area (Å²) in [6.45, 7) is 7.29. The zero-order chi connectivity index (χ0) is 16.7. The van der Waals surface area contributed by atoms with E-state index in [-0.39, 0.29) is 17.7 Å². The highest BCUT2D eigenvalue weighted by molar-refractivity contribution is 5.80. The molecule has 0 radical (unpaired) electrons. The molecule has 1 aromatic heterocycles. The molecule has 1 aromatic rings. The predicted octanol–water partition coefficient (Wildman–Crippen LogP) is 1.28. The number of nitrogens with zero attached hydrogens (tertiary/aromatic N) is 3. The molecule has 2 rings (SSSR count). The van der Waals surface area contributed by atoms with Crippen LogP contribution in [0.4, 0.5) is 5.82 Å². The fourth-order valence-electron chi connectivity index (χ4n) is 2.54. The Balaban J connectivity index is 1.70. The molecule has 23 heavy (non-hydrogen) atoms. The first-order valence-electron chi connectivity index (χ1n) is 8.33. The van der Waals surface area contributed by atoms with E-state index in [4.69, 9.17) is 0 Å². The van der Waals surface area contributed by atoms with E-state index in [1.165, 1.54) is 0 Å². The van der Waals surface area contributed by atoms with Gasteiger partial charge in [-0.25, -0.2) is 4.98 Å². The minimum atomic E-state index is 0.00650. The van der Waals surface area contributed by atoms with Crippen LogP contribution in [0.3, 0.4) is 0 Å². The van der Waals surface area contributed by atoms with Crippen molar-refractivity contribution in [3.05, 3.63) is 24.4 Å². The third-order valence-electron chi connectivity index (χ3n) is 4.30. The lowest BCUT2D eigenvalue weighted by Crippen LogP contribution is -2.49. The van der Waals surface area contributed by atoms with E-state index in [1.54, 1.807) is 6.20 Å². The minimum absolute atomic E-state index is 0.00650. The molecule has 1 atom stereocenters. The second kappa shape index (κ2) is 8.50. The highest BCUT2D eigenvalue weighted by Crippen LogP contribution is 2.12. The van der Waals surface area contributed by atoms with E-state index in [1.807, 2.05) is 36.9 Å². The standard InChI is InChI=1S/C17H26N4O2/c1-3-14(2)17(23)19-9-7-16(22)21-12-10-20(11-13-21)15-6-4-5-8-18-15/h4-6,8,14H,3,7,9-13H2,1-2H3,(H,19,23)/t14-/m1/s1. The molecule has 1 aliphatic rings. The first kappa shape index (κ1) is 17.2. The van der Waals surface area contributed by atoms with Crippen molar-refractivity contribution >= 4 is 17.6 Å². The molecule has 0 bridgehead atoms. The summed E-state index contributed by atoms with van der Waals surface area (Å²) in [5, 5.41) is 2.83. The van der Waals surface area contributed by atoms with E-state index < -0.39 is 0 Å². The van der Waals surface area contributed by atoms with Gasteiger partial charge in [-0.1, -0.05) is 19.9 Å². The Bertz CT molecular complexity index is 513. The highest BCUT2D eigenvalue weighted by Gasteiger charge is 2.21. The average Bonchev–Trinajstić information content (AvgIpc) is 2.61. The summed E-state index contributed by atoms with van der Waals surface area (Å²) in [7, 11) is 0. The number of aromatic nitrogens is 1. The van der Waals surface area contributed by atoms with Crippen molar-refractivity contribution in [2.75, 3.05) is 37.6 Å². The average molecular weight is 318 g/mol. The third-order valence-corrected chi connectivity index (χ3v) is 4.30. The normalized spacial score (nSPS) is 16.1. The van der Waals surface area contributed by atoms with Gasteiger partial charge in [0, 0.05) is 51.3 Å². The van der Waals surface area contributed by atoms with Crippen molar-refractivity contribution < 1.29 is 9.59 Å². The highest BCUT2D eigenvalue weighted by atomic mass is 16.2. The molecule has 2 amide bonds. The fraction of sp³-hybridized carbons (Fsp3) is 0.588. The summed E-state index contributed by atoms with van der Waals surface area (Å²) in [6, 6.07) is 5.86. The van der Waals surface area contributed by atoms with Gasteiger partial charge in [0.1, 0.15) is 5.82 Å². The van der Waals surface area contributed by atoms with Crippen LogP contribution < -0.4 is 10.2 Å². The summed E-state index contributed by atoms with van der Waals surface area (Å²) >= 11 is 0. The second-order valence-corrected chi connectivity index (χ2v) is 5.91. The van der Waals surface area contributed by atoms with Gasteiger partial charge < -0.3 is 15.1 Å². The van der Waals surface area contributed by atoms with Crippen LogP contribution in [0.15, 0.2) is 24.4 Å². The number of pyridine rings is 1. The van der Waals surface area contributed by atoms with Crippen molar-refractivity contribution in [2.24, 2.45) is 5.92 Å². The summed E-state index contributed by atoms with van der Waals surface area (Å²) < 4.78 is 0. The van der Waals surface area contributed by atoms with Gasteiger partial charge >= 0.3 is 0 Å². The number of carbonyl (C=O) groups is 2. The van der Waals surface area contributed by atoms with Gasteiger partial charge in [-0.05, 0) is 18.6 Å². The molecule has 0 spiro atoms. The third kappa shape index (κ3) is 4.94. The van der Waals surface area contributed by atoms with Gasteiger partial charge in [0.05, 0.1) is 0 Å². The van der Waals surface area contributed by atoms with E-state index >= 15 is 0 Å². The van der Waals surface area contributed by atoms with Crippen molar-refractivity contribution in [1.82, 2.24) is 15.2 Å². The maximum absolute atomic E-state index is 12.2. The largest absolute Gasteiger partial charge is 0.355 e. The predicted molar refractivity (Wildman–Crippen MR) is 90.1 cm³/mol. The molecular formula is C17H26N4O2. The number of hydrogen-bond donors (Lipinski definition) is 1. The van der Waals surface area contributed by atoms with Gasteiger partial charge in [-0.15, -0.1) is 0 Å². The first-order chi connectivity index (χ1) is 11.1. The second-order valence-electron chi connectivity index (χ2n) is 5.91. The Kier molecular flexibility index (Phi) is 6.38. The van der Waals surface area contributed by atoms with Crippen LogP contribution in [0, 0.1) is 5.92 Å². The molecule has 0 saturated carbocycles. The van der Waals surface area contributed by atoms with Crippen molar-refractivity contribution in [3.8, 4) is 0 Å². The molecule has 1 N–H and O–H groups in total. The molecule has 1 aliphatic heterocycles. The van der Waals surface area contributed by atoms with Gasteiger partial charge in [-0.3, -0.25) is 9.59 Å². The molecule has 6 nitrogen and oxygen atoms in total. The SMILES string of the molecule is CC[C@@H](C)C(=O)NCCC(=O)N1CCN(c2ccccn2)CC1. The van der Waals surface area contributed by atoms with Crippen molar-refractivity contribution in [3.63, 3.8) is 0 Å². The number of nitrogens with one attached hydrogen (secondary N) is 1. The summed E-state index contributed by atoms with van der Waals surface area (Å²) in [5.41, 5.74) is 0. The van der Waals surface area contributed by atoms with Crippen molar-refractivity contribution in [2.45, 2.75) is 26.7 Å². The molecule has 2 heterocycles. The Morgan fingerprint density at radius 3 is 2.61 bits per heavy atom. The minimum Gasteiger partial charge on any atom is -0.355 e. The molecular weight excluding hydrogens is 292 g/mol. The maximum atomic E-state index is 12.2. The van der Waals surface area contributed by atoms with Crippen LogP contribution in [0.5, 0.6) is 0 Å². The van der Waals surface area contributed by atoms with Gasteiger partial charge in [0.25, 0.3) is 0 Å². The lowest BCUT2D eigenvalue weighted by molar-refractivity contribution is -0.131. The summed E-state index contributed by atoms with van der Waals surface area (Å²) in [6.07, 6.45) is 2.97. The van der Waals surface area contributed by atoms with Gasteiger partial charge in [0.15, 0.2) is 0 Å². The summed E-state index contributed by atoms with van der Waals surface area (Å²) in [5.74, 6) is 1.10. The van der Waals surface area contributed by atoms with Gasteiger partial charge in [0.2, 0.25) is 11.8 Å². The number of amides is 2. The number of carbonyl (C=O) groups excluding carboxylic acids is 2.